The first-order valence-electron chi connectivity index (χ1n) is 12.0. The Labute approximate surface area is 188 Å². The van der Waals surface area contributed by atoms with E-state index in [9.17, 15) is 4.79 Å². The molecule has 0 bridgehead atoms. The zero-order valence-electron chi connectivity index (χ0n) is 19.4. The van der Waals surface area contributed by atoms with Gasteiger partial charge in [-0.25, -0.2) is 4.99 Å². The highest BCUT2D eigenvalue weighted by Gasteiger charge is 2.34. The minimum atomic E-state index is 0.00857. The number of carbonyl (C=O) groups excluding carboxylic acids is 1. The number of rotatable bonds is 12. The van der Waals surface area contributed by atoms with Crippen molar-refractivity contribution in [2.75, 3.05) is 24.7 Å². The van der Waals surface area contributed by atoms with E-state index >= 15 is 0 Å². The van der Waals surface area contributed by atoms with Gasteiger partial charge in [0.05, 0.1) is 18.0 Å². The highest BCUT2D eigenvalue weighted by molar-refractivity contribution is 6.54. The maximum atomic E-state index is 13.4. The van der Waals surface area contributed by atoms with E-state index in [1.54, 1.807) is 0 Å². The SMILES string of the molecule is CCCCc1ccc(N=C2C(=O)N(CN(CCCC)CCCC)c3ccccc32)cc1. The molecule has 0 aliphatic carbocycles. The molecule has 31 heavy (non-hydrogen) atoms. The molecule has 0 radical (unpaired) electrons. The van der Waals surface area contributed by atoms with Crippen LogP contribution in [0.25, 0.3) is 0 Å². The Balaban J connectivity index is 1.83. The maximum Gasteiger partial charge on any atom is 0.278 e. The van der Waals surface area contributed by atoms with E-state index in [1.165, 1.54) is 18.4 Å². The summed E-state index contributed by atoms with van der Waals surface area (Å²) in [4.78, 5) is 22.5. The summed E-state index contributed by atoms with van der Waals surface area (Å²) in [6.45, 7) is 9.31. The van der Waals surface area contributed by atoms with Crippen molar-refractivity contribution in [3.63, 3.8) is 0 Å². The zero-order valence-corrected chi connectivity index (χ0v) is 19.4. The van der Waals surface area contributed by atoms with E-state index in [0.717, 1.165) is 62.1 Å². The Morgan fingerprint density at radius 2 is 1.48 bits per heavy atom. The second-order valence-corrected chi connectivity index (χ2v) is 8.45. The summed E-state index contributed by atoms with van der Waals surface area (Å²) in [7, 11) is 0. The Morgan fingerprint density at radius 3 is 2.13 bits per heavy atom. The number of fused-ring (bicyclic) bond motifs is 1. The van der Waals surface area contributed by atoms with Crippen LogP contribution in [0.4, 0.5) is 11.4 Å². The fourth-order valence-electron chi connectivity index (χ4n) is 3.97. The summed E-state index contributed by atoms with van der Waals surface area (Å²) in [6, 6.07) is 16.4. The number of carbonyl (C=O) groups is 1. The summed E-state index contributed by atoms with van der Waals surface area (Å²) < 4.78 is 0. The van der Waals surface area contributed by atoms with Gasteiger partial charge in [0.15, 0.2) is 0 Å². The normalized spacial score (nSPS) is 14.6. The number of unbranched alkanes of at least 4 members (excludes halogenated alkanes) is 3. The van der Waals surface area contributed by atoms with Crippen LogP contribution >= 0.6 is 0 Å². The molecule has 0 N–H and O–H groups in total. The molecular formula is C27H37N3O. The molecule has 0 unspecified atom stereocenters. The lowest BCUT2D eigenvalue weighted by Crippen LogP contribution is -2.42. The molecule has 0 fully saturated rings. The van der Waals surface area contributed by atoms with Gasteiger partial charge in [-0.05, 0) is 62.5 Å². The van der Waals surface area contributed by atoms with Gasteiger partial charge in [0.25, 0.3) is 5.91 Å². The topological polar surface area (TPSA) is 35.9 Å². The fourth-order valence-corrected chi connectivity index (χ4v) is 3.97. The molecule has 0 atom stereocenters. The number of aryl methyl sites for hydroxylation is 1. The minimum absolute atomic E-state index is 0.00857. The van der Waals surface area contributed by atoms with Crippen LogP contribution in [-0.4, -0.2) is 36.3 Å². The van der Waals surface area contributed by atoms with Crippen LogP contribution in [0, 0.1) is 0 Å². The monoisotopic (exact) mass is 419 g/mol. The van der Waals surface area contributed by atoms with Crippen LogP contribution in [0.1, 0.15) is 70.4 Å². The third kappa shape index (κ3) is 6.04. The van der Waals surface area contributed by atoms with Gasteiger partial charge in [-0.15, -0.1) is 0 Å². The Hall–Kier alpha value is -2.46. The predicted molar refractivity (Wildman–Crippen MR) is 131 cm³/mol. The second-order valence-electron chi connectivity index (χ2n) is 8.45. The fraction of sp³-hybridized carbons (Fsp3) is 0.481. The lowest BCUT2D eigenvalue weighted by Gasteiger charge is -2.28. The molecule has 2 aromatic rings. The first kappa shape index (κ1) is 23.2. The summed E-state index contributed by atoms with van der Waals surface area (Å²) in [5, 5.41) is 0. The number of para-hydroxylation sites is 1. The Morgan fingerprint density at radius 1 is 0.839 bits per heavy atom. The standard InChI is InChI=1S/C27H37N3O/c1-4-7-12-22-15-17-23(18-16-22)28-26-24-13-10-11-14-25(24)30(27(26)31)21-29(19-8-5-2)20-9-6-3/h10-11,13-18H,4-9,12,19-21H2,1-3H3. The lowest BCUT2D eigenvalue weighted by molar-refractivity contribution is -0.112. The van der Waals surface area contributed by atoms with Crippen molar-refractivity contribution in [2.45, 2.75) is 65.7 Å². The van der Waals surface area contributed by atoms with Crippen molar-refractivity contribution in [1.29, 1.82) is 0 Å². The first-order chi connectivity index (χ1) is 15.2. The first-order valence-corrected chi connectivity index (χ1v) is 12.0. The highest BCUT2D eigenvalue weighted by Crippen LogP contribution is 2.31. The van der Waals surface area contributed by atoms with Gasteiger partial charge < -0.3 is 0 Å². The number of hydrogen-bond donors (Lipinski definition) is 0. The lowest BCUT2D eigenvalue weighted by atomic mass is 10.1. The number of aliphatic imine (C=N–C) groups is 1. The summed E-state index contributed by atoms with van der Waals surface area (Å²) >= 11 is 0. The smallest absolute Gasteiger partial charge is 0.278 e. The molecule has 1 heterocycles. The van der Waals surface area contributed by atoms with Crippen molar-refractivity contribution < 1.29 is 4.79 Å². The van der Waals surface area contributed by atoms with Gasteiger partial charge in [0, 0.05) is 5.56 Å². The van der Waals surface area contributed by atoms with Crippen LogP contribution in [-0.2, 0) is 11.2 Å². The maximum absolute atomic E-state index is 13.4. The average molecular weight is 420 g/mol. The molecule has 0 saturated heterocycles. The van der Waals surface area contributed by atoms with Gasteiger partial charge >= 0.3 is 0 Å². The van der Waals surface area contributed by atoms with Gasteiger partial charge in [-0.1, -0.05) is 70.4 Å². The van der Waals surface area contributed by atoms with Crippen molar-refractivity contribution >= 4 is 23.0 Å². The molecule has 3 rings (SSSR count). The van der Waals surface area contributed by atoms with Crippen LogP contribution in [0.15, 0.2) is 53.5 Å². The average Bonchev–Trinajstić information content (AvgIpc) is 3.06. The van der Waals surface area contributed by atoms with Crippen molar-refractivity contribution in [3.05, 3.63) is 59.7 Å². The third-order valence-corrected chi connectivity index (χ3v) is 5.89. The summed E-state index contributed by atoms with van der Waals surface area (Å²) in [5.41, 5.74) is 4.64. The molecule has 1 aliphatic heterocycles. The molecule has 1 aliphatic rings. The number of benzene rings is 2. The summed E-state index contributed by atoms with van der Waals surface area (Å²) in [6.07, 6.45) is 8.11. The van der Waals surface area contributed by atoms with Crippen LogP contribution in [0.5, 0.6) is 0 Å². The van der Waals surface area contributed by atoms with Crippen LogP contribution in [0.3, 0.4) is 0 Å². The number of amides is 1. The van der Waals surface area contributed by atoms with Gasteiger partial charge in [-0.3, -0.25) is 14.6 Å². The predicted octanol–water partition coefficient (Wildman–Crippen LogP) is 6.36. The quantitative estimate of drug-likeness (QED) is 0.401. The van der Waals surface area contributed by atoms with Gasteiger partial charge in [-0.2, -0.15) is 0 Å². The molecule has 0 spiro atoms. The van der Waals surface area contributed by atoms with Crippen molar-refractivity contribution in [3.8, 4) is 0 Å². The molecular weight excluding hydrogens is 382 g/mol. The van der Waals surface area contributed by atoms with E-state index in [4.69, 9.17) is 4.99 Å². The largest absolute Gasteiger partial charge is 0.293 e. The summed E-state index contributed by atoms with van der Waals surface area (Å²) in [5.74, 6) is 0.00857. The highest BCUT2D eigenvalue weighted by atomic mass is 16.2. The van der Waals surface area contributed by atoms with E-state index in [1.807, 2.05) is 41.3 Å². The van der Waals surface area contributed by atoms with E-state index in [-0.39, 0.29) is 5.91 Å². The van der Waals surface area contributed by atoms with E-state index < -0.39 is 0 Å². The minimum Gasteiger partial charge on any atom is -0.293 e. The molecule has 4 nitrogen and oxygen atoms in total. The second kappa shape index (κ2) is 11.8. The van der Waals surface area contributed by atoms with Crippen molar-refractivity contribution in [1.82, 2.24) is 4.90 Å². The molecule has 0 saturated carbocycles. The van der Waals surface area contributed by atoms with Crippen LogP contribution in [0.2, 0.25) is 0 Å². The molecule has 0 aromatic heterocycles. The molecule has 166 valence electrons. The number of nitrogens with zero attached hydrogens (tertiary/aromatic N) is 3. The third-order valence-electron chi connectivity index (χ3n) is 5.89. The Bertz CT molecular complexity index is 864. The molecule has 4 heteroatoms. The van der Waals surface area contributed by atoms with Gasteiger partial charge in [0.1, 0.15) is 5.71 Å². The van der Waals surface area contributed by atoms with E-state index in [0.29, 0.717) is 12.4 Å². The van der Waals surface area contributed by atoms with Gasteiger partial charge in [0.2, 0.25) is 0 Å². The van der Waals surface area contributed by atoms with Crippen molar-refractivity contribution in [2.24, 2.45) is 4.99 Å². The number of anilines is 1. The Kier molecular flexibility index (Phi) is 8.84. The zero-order chi connectivity index (χ0) is 22.1. The van der Waals surface area contributed by atoms with Crippen LogP contribution < -0.4 is 4.90 Å². The molecule has 1 amide bonds. The molecule has 2 aromatic carbocycles. The number of hydrogen-bond acceptors (Lipinski definition) is 3. The van der Waals surface area contributed by atoms with E-state index in [2.05, 4.69) is 37.8 Å².